The van der Waals surface area contributed by atoms with Gasteiger partial charge in [0.25, 0.3) is 0 Å². The van der Waals surface area contributed by atoms with E-state index in [0.717, 1.165) is 16.5 Å². The summed E-state index contributed by atoms with van der Waals surface area (Å²) in [6.07, 6.45) is 1.30. The molecule has 1 aliphatic carbocycles. The molecule has 5 heteroatoms. The Morgan fingerprint density at radius 2 is 1.77 bits per heavy atom. The molecule has 1 heterocycles. The zero-order valence-corrected chi connectivity index (χ0v) is 16.2. The van der Waals surface area contributed by atoms with Gasteiger partial charge in [0.05, 0.1) is 18.3 Å². The van der Waals surface area contributed by atoms with Crippen LogP contribution in [0.4, 0.5) is 4.79 Å². The predicted octanol–water partition coefficient (Wildman–Crippen LogP) is 4.45. The maximum atomic E-state index is 12.2. The highest BCUT2D eigenvalue weighted by atomic mass is 16.5. The Hall–Kier alpha value is -4.04. The van der Waals surface area contributed by atoms with Gasteiger partial charge in [-0.25, -0.2) is 4.79 Å². The zero-order chi connectivity index (χ0) is 20.3. The molecule has 0 atom stereocenters. The van der Waals surface area contributed by atoms with Crippen LogP contribution in [0.2, 0.25) is 0 Å². The average molecular weight is 393 g/mol. The number of aromatic nitrogens is 2. The monoisotopic (exact) mass is 393 g/mol. The first-order valence-electron chi connectivity index (χ1n) is 9.80. The molecule has 2 N–H and O–H groups in total. The quantitative estimate of drug-likeness (QED) is 0.505. The Bertz CT molecular complexity index is 1250. The van der Waals surface area contributed by atoms with Gasteiger partial charge in [0, 0.05) is 16.9 Å². The highest BCUT2D eigenvalue weighted by Gasteiger charge is 2.28. The van der Waals surface area contributed by atoms with Gasteiger partial charge in [0.1, 0.15) is 6.61 Å². The van der Waals surface area contributed by atoms with Crippen molar-refractivity contribution in [2.45, 2.75) is 5.92 Å². The number of carbonyl (C=O) groups is 1. The van der Waals surface area contributed by atoms with Crippen LogP contribution in [0.25, 0.3) is 22.0 Å². The Balaban J connectivity index is 1.19. The van der Waals surface area contributed by atoms with E-state index < -0.39 is 6.09 Å². The van der Waals surface area contributed by atoms with Crippen LogP contribution in [0.3, 0.4) is 0 Å². The van der Waals surface area contributed by atoms with E-state index in [9.17, 15) is 4.79 Å². The van der Waals surface area contributed by atoms with Crippen LogP contribution < -0.4 is 5.32 Å². The molecular formula is C25H19N3O2. The number of fused-ring (bicyclic) bond motifs is 4. The molecule has 0 radical (unpaired) electrons. The van der Waals surface area contributed by atoms with E-state index in [1.165, 1.54) is 22.3 Å². The number of H-pyrrole nitrogens is 1. The number of aromatic amines is 1. The number of rotatable bonds is 3. The number of nitrogens with one attached hydrogen (secondary N) is 2. The number of carbonyl (C=O) groups excluding carboxylic acids is 1. The summed E-state index contributed by atoms with van der Waals surface area (Å²) in [5.41, 5.74) is 6.66. The van der Waals surface area contributed by atoms with Crippen LogP contribution in [0.1, 0.15) is 22.6 Å². The molecule has 5 rings (SSSR count). The summed E-state index contributed by atoms with van der Waals surface area (Å²) in [6.45, 7) is 0.518. The second-order valence-corrected chi connectivity index (χ2v) is 7.15. The van der Waals surface area contributed by atoms with Crippen LogP contribution in [0.5, 0.6) is 0 Å². The van der Waals surface area contributed by atoms with Crippen molar-refractivity contribution in [2.24, 2.45) is 0 Å². The standard InChI is InChI=1S/C25H19N3O2/c29-25(26-13-5-6-17-11-12-24-18(14-17)15-27-28-24)30-16-23-21-9-3-1-7-19(21)20-8-2-4-10-22(20)23/h1-4,7-12,14-15,23H,13,16H2,(H,26,29)(H,27,28). The third-order valence-electron chi connectivity index (χ3n) is 5.34. The number of nitrogens with zero attached hydrogens (tertiary/aromatic N) is 1. The summed E-state index contributed by atoms with van der Waals surface area (Å²) in [7, 11) is 0. The molecule has 0 aliphatic heterocycles. The van der Waals surface area contributed by atoms with E-state index in [2.05, 4.69) is 51.6 Å². The molecule has 1 aliphatic rings. The number of benzene rings is 3. The third-order valence-corrected chi connectivity index (χ3v) is 5.34. The molecule has 146 valence electrons. The summed E-state index contributed by atoms with van der Waals surface area (Å²) in [6, 6.07) is 22.4. The van der Waals surface area contributed by atoms with E-state index in [1.807, 2.05) is 42.5 Å². The van der Waals surface area contributed by atoms with E-state index in [0.29, 0.717) is 6.61 Å². The molecule has 0 unspecified atom stereocenters. The van der Waals surface area contributed by atoms with Gasteiger partial charge >= 0.3 is 6.09 Å². The molecule has 0 saturated carbocycles. The lowest BCUT2D eigenvalue weighted by molar-refractivity contribution is 0.144. The van der Waals surface area contributed by atoms with Gasteiger partial charge in [-0.2, -0.15) is 5.10 Å². The van der Waals surface area contributed by atoms with E-state index in [4.69, 9.17) is 4.74 Å². The number of alkyl carbamates (subject to hydrolysis) is 1. The van der Waals surface area contributed by atoms with Crippen molar-refractivity contribution >= 4 is 17.0 Å². The summed E-state index contributed by atoms with van der Waals surface area (Å²) in [5.74, 6) is 6.05. The average Bonchev–Trinajstić information content (AvgIpc) is 3.37. The SMILES string of the molecule is O=C(NCC#Cc1ccc2[nH]ncc2c1)OCC1c2ccccc2-c2ccccc21. The summed E-state index contributed by atoms with van der Waals surface area (Å²) in [4.78, 5) is 12.2. The van der Waals surface area contributed by atoms with Crippen LogP contribution in [-0.2, 0) is 4.74 Å². The highest BCUT2D eigenvalue weighted by Crippen LogP contribution is 2.44. The molecular weight excluding hydrogens is 374 g/mol. The molecule has 1 amide bonds. The minimum atomic E-state index is -0.462. The molecule has 1 aromatic heterocycles. The van der Waals surface area contributed by atoms with Crippen LogP contribution in [0.15, 0.2) is 72.9 Å². The van der Waals surface area contributed by atoms with Gasteiger partial charge in [-0.15, -0.1) is 0 Å². The first-order chi connectivity index (χ1) is 14.8. The lowest BCUT2D eigenvalue weighted by atomic mass is 9.98. The fourth-order valence-electron chi connectivity index (χ4n) is 3.93. The molecule has 0 fully saturated rings. The number of ether oxygens (including phenoxy) is 1. The van der Waals surface area contributed by atoms with Crippen molar-refractivity contribution in [2.75, 3.05) is 13.2 Å². The Labute approximate surface area is 174 Å². The Kier molecular flexibility index (Phi) is 4.66. The topological polar surface area (TPSA) is 67.0 Å². The molecule has 0 bridgehead atoms. The van der Waals surface area contributed by atoms with Crippen molar-refractivity contribution in [1.82, 2.24) is 15.5 Å². The molecule has 30 heavy (non-hydrogen) atoms. The van der Waals surface area contributed by atoms with Crippen LogP contribution in [-0.4, -0.2) is 29.4 Å². The van der Waals surface area contributed by atoms with Gasteiger partial charge < -0.3 is 10.1 Å². The van der Waals surface area contributed by atoms with Crippen molar-refractivity contribution in [3.63, 3.8) is 0 Å². The second kappa shape index (κ2) is 7.76. The third kappa shape index (κ3) is 3.40. The summed E-state index contributed by atoms with van der Waals surface area (Å²) >= 11 is 0. The lowest BCUT2D eigenvalue weighted by Crippen LogP contribution is -2.26. The van der Waals surface area contributed by atoms with Gasteiger partial charge in [-0.3, -0.25) is 5.10 Å². The van der Waals surface area contributed by atoms with Crippen molar-refractivity contribution < 1.29 is 9.53 Å². The maximum Gasteiger partial charge on any atom is 0.407 e. The van der Waals surface area contributed by atoms with Gasteiger partial charge in [0.15, 0.2) is 0 Å². The molecule has 0 saturated heterocycles. The minimum absolute atomic E-state index is 0.0518. The van der Waals surface area contributed by atoms with Crippen molar-refractivity contribution in [3.8, 4) is 23.0 Å². The summed E-state index contributed by atoms with van der Waals surface area (Å²) < 4.78 is 5.51. The Morgan fingerprint density at radius 1 is 1.03 bits per heavy atom. The van der Waals surface area contributed by atoms with Crippen molar-refractivity contribution in [1.29, 1.82) is 0 Å². The van der Waals surface area contributed by atoms with E-state index in [1.54, 1.807) is 6.20 Å². The van der Waals surface area contributed by atoms with E-state index >= 15 is 0 Å². The predicted molar refractivity (Wildman–Crippen MR) is 116 cm³/mol. The molecule has 3 aromatic carbocycles. The lowest BCUT2D eigenvalue weighted by Gasteiger charge is -2.14. The highest BCUT2D eigenvalue weighted by molar-refractivity contribution is 5.80. The smallest absolute Gasteiger partial charge is 0.407 e. The second-order valence-electron chi connectivity index (χ2n) is 7.15. The largest absolute Gasteiger partial charge is 0.449 e. The van der Waals surface area contributed by atoms with E-state index in [-0.39, 0.29) is 12.5 Å². The zero-order valence-electron chi connectivity index (χ0n) is 16.2. The van der Waals surface area contributed by atoms with Gasteiger partial charge in [0.2, 0.25) is 0 Å². The number of amides is 1. The minimum Gasteiger partial charge on any atom is -0.449 e. The Morgan fingerprint density at radius 3 is 2.53 bits per heavy atom. The van der Waals surface area contributed by atoms with Crippen molar-refractivity contribution in [3.05, 3.63) is 89.6 Å². The molecule has 4 aromatic rings. The first-order valence-corrected chi connectivity index (χ1v) is 9.80. The fourth-order valence-corrected chi connectivity index (χ4v) is 3.93. The maximum absolute atomic E-state index is 12.2. The normalized spacial score (nSPS) is 12.0. The van der Waals surface area contributed by atoms with Gasteiger partial charge in [-0.1, -0.05) is 60.4 Å². The molecule has 5 nitrogen and oxygen atoms in total. The first kappa shape index (κ1) is 18.0. The van der Waals surface area contributed by atoms with Crippen LogP contribution in [0, 0.1) is 11.8 Å². The molecule has 0 spiro atoms. The fraction of sp³-hybridized carbons (Fsp3) is 0.120. The number of hydrogen-bond acceptors (Lipinski definition) is 3. The van der Waals surface area contributed by atoms with Gasteiger partial charge in [-0.05, 0) is 40.5 Å². The summed E-state index contributed by atoms with van der Waals surface area (Å²) in [5, 5.41) is 10.6. The number of hydrogen-bond donors (Lipinski definition) is 2. The van der Waals surface area contributed by atoms with Crippen LogP contribution >= 0.6 is 0 Å².